The molecule has 0 spiro atoms. The van der Waals surface area contributed by atoms with Gasteiger partial charge in [0.15, 0.2) is 5.78 Å². The van der Waals surface area contributed by atoms with Crippen molar-refractivity contribution in [2.45, 2.75) is 32.5 Å². The second-order valence-electron chi connectivity index (χ2n) is 8.13. The maximum atomic E-state index is 13.1. The molecule has 178 valence electrons. The molecule has 0 saturated carbocycles. The minimum Gasteiger partial charge on any atom is -0.497 e. The van der Waals surface area contributed by atoms with Crippen molar-refractivity contribution < 1.29 is 32.2 Å². The zero-order valence-corrected chi connectivity index (χ0v) is 18.8. The lowest BCUT2D eigenvalue weighted by Crippen LogP contribution is -2.41. The average Bonchev–Trinajstić information content (AvgIpc) is 3.09. The Bertz CT molecular complexity index is 1010. The highest BCUT2D eigenvalue weighted by atomic mass is 19.4. The third-order valence-corrected chi connectivity index (χ3v) is 5.59. The summed E-state index contributed by atoms with van der Waals surface area (Å²) in [5.41, 5.74) is -0.140. The van der Waals surface area contributed by atoms with Crippen molar-refractivity contribution in [3.8, 4) is 11.5 Å². The third kappa shape index (κ3) is 5.37. The number of alkyl halides is 3. The Morgan fingerprint density at radius 2 is 1.91 bits per heavy atom. The minimum absolute atomic E-state index is 0.0283. The van der Waals surface area contributed by atoms with Gasteiger partial charge in [-0.2, -0.15) is 13.2 Å². The Morgan fingerprint density at radius 1 is 1.18 bits per heavy atom. The van der Waals surface area contributed by atoms with Crippen LogP contribution in [-0.4, -0.2) is 55.0 Å². The molecule has 1 aromatic carbocycles. The minimum atomic E-state index is -4.56. The Labute approximate surface area is 190 Å². The third-order valence-electron chi connectivity index (χ3n) is 5.59. The number of anilines is 1. The first-order valence-corrected chi connectivity index (χ1v) is 10.4. The number of ether oxygens (including phenoxy) is 2. The first kappa shape index (κ1) is 24.3. The smallest absolute Gasteiger partial charge is 0.433 e. The van der Waals surface area contributed by atoms with Gasteiger partial charge in [-0.3, -0.25) is 9.69 Å². The van der Waals surface area contributed by atoms with Gasteiger partial charge in [-0.25, -0.2) is 9.78 Å². The molecule has 1 aliphatic rings. The normalized spacial score (nSPS) is 16.5. The number of hydrogen-bond donors (Lipinski definition) is 0. The fourth-order valence-corrected chi connectivity index (χ4v) is 3.82. The first-order valence-electron chi connectivity index (χ1n) is 10.4. The molecule has 3 rings (SSSR count). The predicted molar refractivity (Wildman–Crippen MR) is 116 cm³/mol. The van der Waals surface area contributed by atoms with Crippen LogP contribution in [0.5, 0.6) is 11.5 Å². The standard InChI is InChI=1S/C23H26F3N3O4/c1-14(2)19-13-28(16-5-8-21(27-11-16)23(24,25)26)22(31)29(19)12-17(30)9-15-10-18(32-3)6-7-20(15)33-4/h5-8,10-11,14,19H,9,12-13H2,1-4H3/t19-/m1/s1. The zero-order valence-electron chi connectivity index (χ0n) is 18.8. The number of halogens is 3. The van der Waals surface area contributed by atoms with Crippen LogP contribution in [0.15, 0.2) is 36.5 Å². The maximum absolute atomic E-state index is 13.1. The summed E-state index contributed by atoms with van der Waals surface area (Å²) in [6, 6.07) is 6.48. The number of carbonyl (C=O) groups is 2. The van der Waals surface area contributed by atoms with Crippen molar-refractivity contribution >= 4 is 17.5 Å². The number of pyridine rings is 1. The van der Waals surface area contributed by atoms with E-state index in [9.17, 15) is 22.8 Å². The molecule has 0 bridgehead atoms. The summed E-state index contributed by atoms with van der Waals surface area (Å²) in [5.74, 6) is 0.945. The number of rotatable bonds is 8. The summed E-state index contributed by atoms with van der Waals surface area (Å²) in [4.78, 5) is 32.3. The van der Waals surface area contributed by atoms with Crippen molar-refractivity contribution in [2.24, 2.45) is 5.92 Å². The topological polar surface area (TPSA) is 72.0 Å². The summed E-state index contributed by atoms with van der Waals surface area (Å²) >= 11 is 0. The number of benzene rings is 1. The van der Waals surface area contributed by atoms with Gasteiger partial charge >= 0.3 is 12.2 Å². The van der Waals surface area contributed by atoms with Crippen molar-refractivity contribution in [3.05, 3.63) is 47.8 Å². The van der Waals surface area contributed by atoms with Crippen LogP contribution in [0.1, 0.15) is 25.1 Å². The molecule has 0 N–H and O–H groups in total. The molecule has 0 unspecified atom stereocenters. The molecule has 0 aliphatic carbocycles. The number of urea groups is 1. The van der Waals surface area contributed by atoms with Gasteiger partial charge in [-0.05, 0) is 36.2 Å². The molecule has 10 heteroatoms. The van der Waals surface area contributed by atoms with E-state index in [-0.39, 0.29) is 42.9 Å². The SMILES string of the molecule is COc1ccc(OC)c(CC(=O)CN2C(=O)N(c3ccc(C(F)(F)F)nc3)C[C@@H]2C(C)C)c1. The van der Waals surface area contributed by atoms with Gasteiger partial charge in [-0.1, -0.05) is 13.8 Å². The molecule has 7 nitrogen and oxygen atoms in total. The van der Waals surface area contributed by atoms with E-state index >= 15 is 0 Å². The predicted octanol–water partition coefficient (Wildman–Crippen LogP) is 4.20. The van der Waals surface area contributed by atoms with E-state index < -0.39 is 17.9 Å². The molecule has 2 amide bonds. The second kappa shape index (κ2) is 9.68. The fraction of sp³-hybridized carbons (Fsp3) is 0.435. The summed E-state index contributed by atoms with van der Waals surface area (Å²) in [6.45, 7) is 3.97. The molecule has 33 heavy (non-hydrogen) atoms. The van der Waals surface area contributed by atoms with Gasteiger partial charge in [0.1, 0.15) is 17.2 Å². The van der Waals surface area contributed by atoms with Gasteiger partial charge in [-0.15, -0.1) is 0 Å². The van der Waals surface area contributed by atoms with E-state index in [1.54, 1.807) is 18.2 Å². The zero-order chi connectivity index (χ0) is 24.3. The number of carbonyl (C=O) groups excluding carboxylic acids is 2. The number of methoxy groups -OCH3 is 2. The van der Waals surface area contributed by atoms with Crippen molar-refractivity contribution in [3.63, 3.8) is 0 Å². The Hall–Kier alpha value is -3.30. The van der Waals surface area contributed by atoms with Crippen molar-refractivity contribution in [1.82, 2.24) is 9.88 Å². The molecule has 2 aromatic rings. The Morgan fingerprint density at radius 3 is 2.45 bits per heavy atom. The first-order chi connectivity index (χ1) is 15.5. The molecule has 1 fully saturated rings. The van der Waals surface area contributed by atoms with Crippen LogP contribution in [0, 0.1) is 5.92 Å². The van der Waals surface area contributed by atoms with E-state index in [0.717, 1.165) is 12.3 Å². The highest BCUT2D eigenvalue weighted by molar-refractivity contribution is 5.97. The number of aromatic nitrogens is 1. The molecular weight excluding hydrogens is 439 g/mol. The number of ketones is 1. The summed E-state index contributed by atoms with van der Waals surface area (Å²) in [6.07, 6.45) is -3.49. The van der Waals surface area contributed by atoms with E-state index in [1.807, 2.05) is 13.8 Å². The van der Waals surface area contributed by atoms with Crippen LogP contribution in [0.4, 0.5) is 23.7 Å². The van der Waals surface area contributed by atoms with Gasteiger partial charge < -0.3 is 14.4 Å². The van der Waals surface area contributed by atoms with Crippen LogP contribution in [-0.2, 0) is 17.4 Å². The highest BCUT2D eigenvalue weighted by Crippen LogP contribution is 2.31. The molecule has 1 aromatic heterocycles. The largest absolute Gasteiger partial charge is 0.497 e. The monoisotopic (exact) mass is 465 g/mol. The van der Waals surface area contributed by atoms with Gasteiger partial charge in [0.2, 0.25) is 0 Å². The lowest BCUT2D eigenvalue weighted by molar-refractivity contribution is -0.141. The summed E-state index contributed by atoms with van der Waals surface area (Å²) in [5, 5.41) is 0. The number of nitrogens with zero attached hydrogens (tertiary/aromatic N) is 3. The summed E-state index contributed by atoms with van der Waals surface area (Å²) in [7, 11) is 3.03. The molecule has 1 aliphatic heterocycles. The van der Waals surface area contributed by atoms with Gasteiger partial charge in [0.05, 0.1) is 38.7 Å². The second-order valence-corrected chi connectivity index (χ2v) is 8.13. The number of Topliss-reactive ketones (excluding diaryl/α,β-unsaturated/α-hetero) is 1. The van der Waals surface area contributed by atoms with Crippen molar-refractivity contribution in [1.29, 1.82) is 0 Å². The summed E-state index contributed by atoms with van der Waals surface area (Å²) < 4.78 is 49.0. The highest BCUT2D eigenvalue weighted by Gasteiger charge is 2.41. The van der Waals surface area contributed by atoms with Gasteiger partial charge in [0, 0.05) is 18.5 Å². The molecule has 1 atom stereocenters. The average molecular weight is 465 g/mol. The van der Waals surface area contributed by atoms with Crippen LogP contribution in [0.3, 0.4) is 0 Å². The lowest BCUT2D eigenvalue weighted by atomic mass is 10.0. The van der Waals surface area contributed by atoms with Crippen LogP contribution in [0.2, 0.25) is 0 Å². The molecular formula is C23H26F3N3O4. The van der Waals surface area contributed by atoms with Crippen LogP contribution < -0.4 is 14.4 Å². The quantitative estimate of drug-likeness (QED) is 0.585. The van der Waals surface area contributed by atoms with Crippen LogP contribution >= 0.6 is 0 Å². The maximum Gasteiger partial charge on any atom is 0.433 e. The lowest BCUT2D eigenvalue weighted by Gasteiger charge is -2.25. The molecule has 2 heterocycles. The molecule has 1 saturated heterocycles. The van der Waals surface area contributed by atoms with E-state index in [0.29, 0.717) is 17.1 Å². The number of amides is 2. The Kier molecular flexibility index (Phi) is 7.14. The van der Waals surface area contributed by atoms with E-state index in [1.165, 1.54) is 30.1 Å². The van der Waals surface area contributed by atoms with Gasteiger partial charge in [0.25, 0.3) is 0 Å². The van der Waals surface area contributed by atoms with E-state index in [4.69, 9.17) is 9.47 Å². The van der Waals surface area contributed by atoms with Crippen LogP contribution in [0.25, 0.3) is 0 Å². The molecule has 0 radical (unpaired) electrons. The van der Waals surface area contributed by atoms with E-state index in [2.05, 4.69) is 4.98 Å². The fourth-order valence-electron chi connectivity index (χ4n) is 3.82. The number of hydrogen-bond acceptors (Lipinski definition) is 5. The Balaban J connectivity index is 1.78. The van der Waals surface area contributed by atoms with Crippen molar-refractivity contribution in [2.75, 3.05) is 32.2 Å².